The van der Waals surface area contributed by atoms with Gasteiger partial charge in [-0.3, -0.25) is 4.90 Å². The predicted octanol–water partition coefficient (Wildman–Crippen LogP) is 1.91. The van der Waals surface area contributed by atoms with E-state index in [4.69, 9.17) is 4.74 Å². The van der Waals surface area contributed by atoms with E-state index in [1.165, 1.54) is 11.0 Å². The lowest BCUT2D eigenvalue weighted by atomic mass is 9.95. The van der Waals surface area contributed by atoms with Crippen LogP contribution in [0.3, 0.4) is 0 Å². The Hall–Kier alpha value is -3.19. The van der Waals surface area contributed by atoms with Crippen molar-refractivity contribution in [1.29, 1.82) is 0 Å². The highest BCUT2D eigenvalue weighted by Gasteiger charge is 2.51. The van der Waals surface area contributed by atoms with E-state index in [1.54, 1.807) is 34.6 Å². The fraction of sp³-hybridized carbons (Fsp3) is 0.462. The Morgan fingerprint density at radius 2 is 2.00 bits per heavy atom. The van der Waals surface area contributed by atoms with Crippen molar-refractivity contribution in [3.63, 3.8) is 0 Å². The number of carbonyl (C=O) groups excluding carboxylic acids is 1. The van der Waals surface area contributed by atoms with Crippen LogP contribution in [0.25, 0.3) is 5.69 Å². The van der Waals surface area contributed by atoms with Gasteiger partial charge in [0, 0.05) is 31.7 Å². The van der Waals surface area contributed by atoms with Gasteiger partial charge in [-0.25, -0.2) is 17.9 Å². The number of aliphatic hydroxyl groups is 1. The minimum atomic E-state index is -3.72. The predicted molar refractivity (Wildman–Crippen MR) is 136 cm³/mol. The average molecular weight is 539 g/mol. The molecule has 2 atom stereocenters. The molecule has 0 bridgehead atoms. The maximum atomic E-state index is 13.8. The summed E-state index contributed by atoms with van der Waals surface area (Å²) in [5, 5.41) is 22.3. The Kier molecular flexibility index (Phi) is 6.10. The van der Waals surface area contributed by atoms with Gasteiger partial charge in [-0.05, 0) is 84.5 Å². The maximum absolute atomic E-state index is 13.8. The van der Waals surface area contributed by atoms with E-state index in [9.17, 15) is 18.3 Å². The zero-order chi connectivity index (χ0) is 26.7. The molecule has 12 heteroatoms. The number of aliphatic hydroxyl groups excluding tert-OH is 1. The van der Waals surface area contributed by atoms with Crippen LogP contribution in [0.5, 0.6) is 0 Å². The summed E-state index contributed by atoms with van der Waals surface area (Å²) in [6.07, 6.45) is 3.03. The minimum Gasteiger partial charge on any atom is -0.457 e. The molecule has 1 unspecified atom stereocenters. The van der Waals surface area contributed by atoms with E-state index < -0.39 is 21.7 Å². The van der Waals surface area contributed by atoms with E-state index in [0.29, 0.717) is 38.2 Å². The molecule has 3 aliphatic heterocycles. The molecule has 2 fully saturated rings. The first kappa shape index (κ1) is 25.1. The number of ether oxygens (including phenoxy) is 1. The molecule has 1 N–H and O–H groups in total. The van der Waals surface area contributed by atoms with E-state index in [2.05, 4.69) is 20.4 Å². The summed E-state index contributed by atoms with van der Waals surface area (Å²) in [7, 11) is -3.72. The molecule has 200 valence electrons. The molecule has 1 aromatic heterocycles. The molecule has 2 saturated heterocycles. The summed E-state index contributed by atoms with van der Waals surface area (Å²) in [6, 6.07) is 8.55. The van der Waals surface area contributed by atoms with Gasteiger partial charge in [0.15, 0.2) is 0 Å². The summed E-state index contributed by atoms with van der Waals surface area (Å²) in [5.41, 5.74) is 4.04. The van der Waals surface area contributed by atoms with Crippen molar-refractivity contribution >= 4 is 16.0 Å². The van der Waals surface area contributed by atoms with Crippen LogP contribution in [0.4, 0.5) is 0 Å². The van der Waals surface area contributed by atoms with Crippen molar-refractivity contribution in [2.24, 2.45) is 0 Å². The number of sulfonamides is 1. The lowest BCUT2D eigenvalue weighted by Crippen LogP contribution is -2.49. The number of rotatable bonds is 6. The Balaban J connectivity index is 1.20. The largest absolute Gasteiger partial charge is 0.457 e. The first-order chi connectivity index (χ1) is 18.2. The summed E-state index contributed by atoms with van der Waals surface area (Å²) in [6.45, 7) is 6.12. The van der Waals surface area contributed by atoms with Crippen molar-refractivity contribution in [3.05, 3.63) is 64.5 Å². The molecule has 0 saturated carbocycles. The number of hydrogen-bond donors (Lipinski definition) is 1. The van der Waals surface area contributed by atoms with Gasteiger partial charge in [-0.1, -0.05) is 6.07 Å². The zero-order valence-corrected chi connectivity index (χ0v) is 22.2. The Morgan fingerprint density at radius 3 is 2.76 bits per heavy atom. The lowest BCUT2D eigenvalue weighted by molar-refractivity contribution is 0.0535. The molecule has 1 spiro atoms. The first-order valence-corrected chi connectivity index (χ1v) is 14.2. The molecule has 0 radical (unpaired) electrons. The Labute approximate surface area is 221 Å². The maximum Gasteiger partial charge on any atom is 0.338 e. The van der Waals surface area contributed by atoms with Gasteiger partial charge in [0.1, 0.15) is 12.9 Å². The third-order valence-electron chi connectivity index (χ3n) is 8.29. The van der Waals surface area contributed by atoms with E-state index >= 15 is 0 Å². The minimum absolute atomic E-state index is 0.233. The van der Waals surface area contributed by atoms with Gasteiger partial charge >= 0.3 is 5.97 Å². The number of likely N-dealkylation sites (tertiary alicyclic amines) is 1. The van der Waals surface area contributed by atoms with Crippen molar-refractivity contribution in [2.75, 3.05) is 26.2 Å². The molecule has 11 nitrogen and oxygen atoms in total. The van der Waals surface area contributed by atoms with Gasteiger partial charge < -0.3 is 9.84 Å². The SMILES string of the molecule is Cc1cc(S(=O)(=O)N2CCCC23CCN(C[C@@H](O)c2ccc4c(c2C)COC4=O)C3)ccc1-n1cnnn1. The Bertz CT molecular complexity index is 1510. The number of aryl methyl sites for hydroxylation is 1. The number of β-amino-alcohol motifs (C(OH)–C–C–N with tert-alkyl or cyclic N) is 1. The fourth-order valence-corrected chi connectivity index (χ4v) is 8.25. The third kappa shape index (κ3) is 4.03. The van der Waals surface area contributed by atoms with Crippen molar-refractivity contribution in [1.82, 2.24) is 29.4 Å². The molecule has 0 aliphatic carbocycles. The second kappa shape index (κ2) is 9.23. The van der Waals surface area contributed by atoms with Crippen LogP contribution < -0.4 is 0 Å². The molecular formula is C26H30N6O5S. The molecular weight excluding hydrogens is 508 g/mol. The number of esters is 1. The highest BCUT2D eigenvalue weighted by molar-refractivity contribution is 7.89. The van der Waals surface area contributed by atoms with Crippen molar-refractivity contribution < 1.29 is 23.1 Å². The van der Waals surface area contributed by atoms with E-state index in [1.807, 2.05) is 13.8 Å². The van der Waals surface area contributed by atoms with E-state index in [-0.39, 0.29) is 17.5 Å². The summed E-state index contributed by atoms with van der Waals surface area (Å²) in [4.78, 5) is 14.3. The van der Waals surface area contributed by atoms with E-state index in [0.717, 1.165) is 40.8 Å². The normalized spacial score (nSPS) is 22.8. The number of benzene rings is 2. The third-order valence-corrected chi connectivity index (χ3v) is 10.3. The number of nitrogens with zero attached hydrogens (tertiary/aromatic N) is 6. The van der Waals surface area contributed by atoms with Crippen molar-refractivity contribution in [2.45, 2.75) is 56.3 Å². The fourth-order valence-electron chi connectivity index (χ4n) is 6.31. The van der Waals surface area contributed by atoms with Gasteiger partial charge in [0.05, 0.1) is 27.8 Å². The highest BCUT2D eigenvalue weighted by atomic mass is 32.2. The standard InChI is InChI=1S/C26H30N6O5S/c1-17-12-19(4-7-23(17)31-16-27-28-29-31)38(35,36)32-10-3-8-26(32)9-11-30(15-26)13-24(33)20-5-6-21-22(18(20)2)14-37-25(21)34/h4-7,12,16,24,33H,3,8-11,13-15H2,1-2H3/t24-,26?/m1/s1. The molecule has 3 aliphatic rings. The smallest absolute Gasteiger partial charge is 0.338 e. The van der Waals surface area contributed by atoms with Crippen LogP contribution >= 0.6 is 0 Å². The number of hydrogen-bond acceptors (Lipinski definition) is 9. The number of cyclic esters (lactones) is 1. The highest BCUT2D eigenvalue weighted by Crippen LogP contribution is 2.42. The second-order valence-electron chi connectivity index (χ2n) is 10.5. The molecule has 2 aromatic carbocycles. The van der Waals surface area contributed by atoms with Crippen LogP contribution in [0.1, 0.15) is 58.0 Å². The first-order valence-electron chi connectivity index (χ1n) is 12.8. The van der Waals surface area contributed by atoms with Crippen LogP contribution in [-0.2, 0) is 21.4 Å². The van der Waals surface area contributed by atoms with Gasteiger partial charge in [0.2, 0.25) is 10.0 Å². The van der Waals surface area contributed by atoms with Crippen LogP contribution in [0, 0.1) is 13.8 Å². The topological polar surface area (TPSA) is 131 Å². The molecule has 3 aromatic rings. The second-order valence-corrected chi connectivity index (χ2v) is 12.4. The van der Waals surface area contributed by atoms with Crippen LogP contribution in [0.15, 0.2) is 41.6 Å². The summed E-state index contributed by atoms with van der Waals surface area (Å²) < 4.78 is 36.0. The quantitative estimate of drug-likeness (QED) is 0.468. The molecule has 4 heterocycles. The average Bonchev–Trinajstić information content (AvgIpc) is 3.69. The summed E-state index contributed by atoms with van der Waals surface area (Å²) in [5.74, 6) is -0.326. The number of tetrazole rings is 1. The van der Waals surface area contributed by atoms with Crippen LogP contribution in [0.2, 0.25) is 0 Å². The zero-order valence-electron chi connectivity index (χ0n) is 21.4. The molecule has 6 rings (SSSR count). The number of fused-ring (bicyclic) bond motifs is 1. The van der Waals surface area contributed by atoms with Gasteiger partial charge in [0.25, 0.3) is 0 Å². The number of carbonyl (C=O) groups is 1. The monoisotopic (exact) mass is 538 g/mol. The number of aromatic nitrogens is 4. The molecule has 38 heavy (non-hydrogen) atoms. The molecule has 0 amide bonds. The Morgan fingerprint density at radius 1 is 1.16 bits per heavy atom. The van der Waals surface area contributed by atoms with Gasteiger partial charge in [-0.15, -0.1) is 5.10 Å². The lowest BCUT2D eigenvalue weighted by Gasteiger charge is -2.34. The van der Waals surface area contributed by atoms with Crippen molar-refractivity contribution in [3.8, 4) is 5.69 Å². The summed E-state index contributed by atoms with van der Waals surface area (Å²) >= 11 is 0. The van der Waals surface area contributed by atoms with Gasteiger partial charge in [-0.2, -0.15) is 4.31 Å². The van der Waals surface area contributed by atoms with Crippen LogP contribution in [-0.4, -0.2) is 80.6 Å².